The summed E-state index contributed by atoms with van der Waals surface area (Å²) in [6, 6.07) is 14.0. The Morgan fingerprint density at radius 2 is 1.85 bits per heavy atom. The molecule has 1 aliphatic rings. The molecular weight excluding hydrogens is 446 g/mol. The molecule has 2 aromatic heterocycles. The summed E-state index contributed by atoms with van der Waals surface area (Å²) in [5.41, 5.74) is 3.79. The molecule has 0 aliphatic carbocycles. The number of benzene rings is 1. The standard InChI is InChI=1S/C27H33N3O3S/c1-19-6-7-25(27(31)28-11-8-24-5-4-14-34-24)26(29-19)21-9-12-30(13-10-21)18-20-15-22(32-2)17-23(16-20)33-3/h4-7,14-17,21H,8-13,18H2,1-3H3,(H,28,31). The number of aryl methyl sites for hydroxylation is 1. The van der Waals surface area contributed by atoms with Crippen molar-refractivity contribution in [3.8, 4) is 11.5 Å². The summed E-state index contributed by atoms with van der Waals surface area (Å²) in [7, 11) is 3.35. The predicted molar refractivity (Wildman–Crippen MR) is 136 cm³/mol. The van der Waals surface area contributed by atoms with Crippen LogP contribution in [-0.2, 0) is 13.0 Å². The van der Waals surface area contributed by atoms with Gasteiger partial charge in [-0.25, -0.2) is 0 Å². The zero-order chi connectivity index (χ0) is 23.9. The van der Waals surface area contributed by atoms with E-state index in [1.54, 1.807) is 25.6 Å². The van der Waals surface area contributed by atoms with Crippen molar-refractivity contribution >= 4 is 17.2 Å². The van der Waals surface area contributed by atoms with E-state index >= 15 is 0 Å². The third-order valence-electron chi connectivity index (χ3n) is 6.34. The van der Waals surface area contributed by atoms with Gasteiger partial charge in [0, 0.05) is 35.6 Å². The first-order valence-corrected chi connectivity index (χ1v) is 12.7. The number of thiophene rings is 1. The second-order valence-corrected chi connectivity index (χ2v) is 9.77. The Morgan fingerprint density at radius 1 is 1.12 bits per heavy atom. The molecule has 3 aromatic rings. The van der Waals surface area contributed by atoms with Crippen LogP contribution in [0.3, 0.4) is 0 Å². The highest BCUT2D eigenvalue weighted by molar-refractivity contribution is 7.09. The Morgan fingerprint density at radius 3 is 2.50 bits per heavy atom. The smallest absolute Gasteiger partial charge is 0.253 e. The zero-order valence-electron chi connectivity index (χ0n) is 20.2. The van der Waals surface area contributed by atoms with Gasteiger partial charge in [0.15, 0.2) is 0 Å². The van der Waals surface area contributed by atoms with Gasteiger partial charge in [-0.15, -0.1) is 11.3 Å². The van der Waals surface area contributed by atoms with E-state index in [1.165, 1.54) is 10.4 Å². The Labute approximate surface area is 205 Å². The van der Waals surface area contributed by atoms with Gasteiger partial charge in [-0.1, -0.05) is 6.07 Å². The number of pyridine rings is 1. The van der Waals surface area contributed by atoms with Crippen molar-refractivity contribution in [1.29, 1.82) is 0 Å². The molecule has 1 saturated heterocycles. The minimum absolute atomic E-state index is 0.0232. The maximum absolute atomic E-state index is 13.0. The SMILES string of the molecule is COc1cc(CN2CCC(c3nc(C)ccc3C(=O)NCCc3cccs3)CC2)cc(OC)c1. The van der Waals surface area contributed by atoms with Crippen LogP contribution in [0, 0.1) is 6.92 Å². The van der Waals surface area contributed by atoms with Crippen LogP contribution in [0.25, 0.3) is 0 Å². The lowest BCUT2D eigenvalue weighted by Crippen LogP contribution is -2.34. The van der Waals surface area contributed by atoms with E-state index < -0.39 is 0 Å². The molecule has 0 saturated carbocycles. The van der Waals surface area contributed by atoms with Gasteiger partial charge >= 0.3 is 0 Å². The van der Waals surface area contributed by atoms with Crippen molar-refractivity contribution in [2.45, 2.75) is 38.6 Å². The van der Waals surface area contributed by atoms with Gasteiger partial charge in [0.1, 0.15) is 11.5 Å². The molecule has 0 bridgehead atoms. The summed E-state index contributed by atoms with van der Waals surface area (Å²) >= 11 is 1.72. The molecule has 0 radical (unpaired) electrons. The summed E-state index contributed by atoms with van der Waals surface area (Å²) in [6.07, 6.45) is 2.81. The molecular formula is C27H33N3O3S. The molecule has 6 nitrogen and oxygen atoms in total. The van der Waals surface area contributed by atoms with E-state index in [1.807, 2.05) is 31.2 Å². The van der Waals surface area contributed by atoms with Crippen LogP contribution in [0.15, 0.2) is 47.8 Å². The van der Waals surface area contributed by atoms with Crippen LogP contribution in [-0.4, -0.2) is 49.6 Å². The average Bonchev–Trinajstić information content (AvgIpc) is 3.37. The van der Waals surface area contributed by atoms with Gasteiger partial charge in [-0.05, 0) is 80.6 Å². The molecule has 7 heteroatoms. The number of piperidine rings is 1. The first-order valence-electron chi connectivity index (χ1n) is 11.8. The molecule has 1 fully saturated rings. The number of carbonyl (C=O) groups excluding carboxylic acids is 1. The van der Waals surface area contributed by atoms with Crippen molar-refractivity contribution in [1.82, 2.24) is 15.2 Å². The van der Waals surface area contributed by atoms with Crippen molar-refractivity contribution < 1.29 is 14.3 Å². The number of nitrogens with one attached hydrogen (secondary N) is 1. The van der Waals surface area contributed by atoms with Crippen LogP contribution in [0.4, 0.5) is 0 Å². The maximum Gasteiger partial charge on any atom is 0.253 e. The third-order valence-corrected chi connectivity index (χ3v) is 7.27. The molecule has 1 aliphatic heterocycles. The maximum atomic E-state index is 13.0. The number of methoxy groups -OCH3 is 2. The fraction of sp³-hybridized carbons (Fsp3) is 0.407. The van der Waals surface area contributed by atoms with Crippen LogP contribution in [0.2, 0.25) is 0 Å². The quantitative estimate of drug-likeness (QED) is 0.477. The van der Waals surface area contributed by atoms with E-state index in [0.717, 1.165) is 61.8 Å². The fourth-order valence-corrected chi connectivity index (χ4v) is 5.22. The van der Waals surface area contributed by atoms with Crippen molar-refractivity contribution in [2.24, 2.45) is 0 Å². The Hall–Kier alpha value is -2.90. The minimum atomic E-state index is -0.0232. The number of likely N-dealkylation sites (tertiary alicyclic amines) is 1. The molecule has 0 spiro atoms. The average molecular weight is 480 g/mol. The van der Waals surface area contributed by atoms with Crippen molar-refractivity contribution in [3.63, 3.8) is 0 Å². The van der Waals surface area contributed by atoms with Crippen molar-refractivity contribution in [2.75, 3.05) is 33.9 Å². The molecule has 34 heavy (non-hydrogen) atoms. The molecule has 0 atom stereocenters. The van der Waals surface area contributed by atoms with E-state index in [2.05, 4.69) is 33.8 Å². The topological polar surface area (TPSA) is 63.7 Å². The number of amides is 1. The predicted octanol–water partition coefficient (Wildman–Crippen LogP) is 4.82. The summed E-state index contributed by atoms with van der Waals surface area (Å²) in [4.78, 5) is 21.5. The van der Waals surface area contributed by atoms with Gasteiger partial charge in [-0.2, -0.15) is 0 Å². The number of carbonyl (C=O) groups is 1. The van der Waals surface area contributed by atoms with E-state index in [9.17, 15) is 4.79 Å². The van der Waals surface area contributed by atoms with Crippen LogP contribution in [0.5, 0.6) is 11.5 Å². The number of ether oxygens (including phenoxy) is 2. The van der Waals surface area contributed by atoms with Gasteiger partial charge in [0.25, 0.3) is 5.91 Å². The lowest BCUT2D eigenvalue weighted by Gasteiger charge is -2.32. The first kappa shape index (κ1) is 24.2. The highest BCUT2D eigenvalue weighted by Crippen LogP contribution is 2.31. The number of aromatic nitrogens is 1. The van der Waals surface area contributed by atoms with Crippen LogP contribution >= 0.6 is 11.3 Å². The molecule has 1 amide bonds. The molecule has 1 N–H and O–H groups in total. The second kappa shape index (κ2) is 11.5. The summed E-state index contributed by atoms with van der Waals surface area (Å²) in [5, 5.41) is 5.16. The van der Waals surface area contributed by atoms with E-state index in [-0.39, 0.29) is 11.8 Å². The number of rotatable bonds is 9. The molecule has 180 valence electrons. The lowest BCUT2D eigenvalue weighted by atomic mass is 9.89. The largest absolute Gasteiger partial charge is 0.497 e. The Bertz CT molecular complexity index is 1070. The summed E-state index contributed by atoms with van der Waals surface area (Å²) in [5.74, 6) is 1.88. The highest BCUT2D eigenvalue weighted by Gasteiger charge is 2.26. The second-order valence-electron chi connectivity index (χ2n) is 8.74. The summed E-state index contributed by atoms with van der Waals surface area (Å²) in [6.45, 7) is 5.39. The number of hydrogen-bond acceptors (Lipinski definition) is 6. The zero-order valence-corrected chi connectivity index (χ0v) is 21.0. The Kier molecular flexibility index (Phi) is 8.19. The molecule has 3 heterocycles. The minimum Gasteiger partial charge on any atom is -0.497 e. The van der Waals surface area contributed by atoms with Crippen LogP contribution < -0.4 is 14.8 Å². The van der Waals surface area contributed by atoms with E-state index in [4.69, 9.17) is 14.5 Å². The number of hydrogen-bond donors (Lipinski definition) is 1. The van der Waals surface area contributed by atoms with E-state index in [0.29, 0.717) is 12.1 Å². The normalized spacial score (nSPS) is 14.7. The molecule has 4 rings (SSSR count). The van der Waals surface area contributed by atoms with Crippen LogP contribution in [0.1, 0.15) is 50.9 Å². The fourth-order valence-electron chi connectivity index (χ4n) is 4.51. The first-order chi connectivity index (χ1) is 16.6. The summed E-state index contributed by atoms with van der Waals surface area (Å²) < 4.78 is 10.8. The van der Waals surface area contributed by atoms with Gasteiger partial charge in [-0.3, -0.25) is 14.7 Å². The highest BCUT2D eigenvalue weighted by atomic mass is 32.1. The number of nitrogens with zero attached hydrogens (tertiary/aromatic N) is 2. The van der Waals surface area contributed by atoms with Gasteiger partial charge in [0.2, 0.25) is 0 Å². The molecule has 0 unspecified atom stereocenters. The van der Waals surface area contributed by atoms with Gasteiger partial charge < -0.3 is 14.8 Å². The van der Waals surface area contributed by atoms with Crippen molar-refractivity contribution in [3.05, 3.63) is 75.2 Å². The Balaban J connectivity index is 1.38. The molecule has 1 aromatic carbocycles. The third kappa shape index (κ3) is 6.15. The monoisotopic (exact) mass is 479 g/mol. The van der Waals surface area contributed by atoms with Gasteiger partial charge in [0.05, 0.1) is 25.5 Å². The lowest BCUT2D eigenvalue weighted by molar-refractivity contribution is 0.0951.